The van der Waals surface area contributed by atoms with Crippen LogP contribution in [-0.4, -0.2) is 50.5 Å². The van der Waals surface area contributed by atoms with Crippen LogP contribution in [0.25, 0.3) is 0 Å². The van der Waals surface area contributed by atoms with Gasteiger partial charge in [-0.1, -0.05) is 65.3 Å². The number of sulfonamides is 1. The fourth-order valence-corrected chi connectivity index (χ4v) is 5.55. The van der Waals surface area contributed by atoms with E-state index in [0.29, 0.717) is 18.7 Å². The molecule has 0 heterocycles. The van der Waals surface area contributed by atoms with E-state index in [1.165, 1.54) is 24.3 Å². The van der Waals surface area contributed by atoms with E-state index in [9.17, 15) is 22.4 Å². The summed E-state index contributed by atoms with van der Waals surface area (Å²) in [7, 11) is -3.66. The Kier molecular flexibility index (Phi) is 11.7. The largest absolute Gasteiger partial charge is 0.354 e. The maximum Gasteiger partial charge on any atom is 0.243 e. The molecule has 0 aromatic heterocycles. The van der Waals surface area contributed by atoms with E-state index >= 15 is 0 Å². The van der Waals surface area contributed by atoms with E-state index < -0.39 is 21.9 Å². The van der Waals surface area contributed by atoms with Crippen LogP contribution in [0.15, 0.2) is 83.3 Å². The first-order valence-corrected chi connectivity index (χ1v) is 15.8. The SMILES string of the molecule is CCCNC(=O)C(Cc1ccccc1)N(Cc1ccc(Br)cc1)C(=O)CCCN(c1ccc(F)cc1)S(C)(=O)=O. The van der Waals surface area contributed by atoms with Crippen molar-refractivity contribution in [1.82, 2.24) is 10.2 Å². The second-order valence-corrected chi connectivity index (χ2v) is 12.4. The van der Waals surface area contributed by atoms with Crippen LogP contribution in [0.2, 0.25) is 0 Å². The van der Waals surface area contributed by atoms with Crippen molar-refractivity contribution in [3.05, 3.63) is 100 Å². The van der Waals surface area contributed by atoms with Gasteiger partial charge in [-0.2, -0.15) is 0 Å². The van der Waals surface area contributed by atoms with Crippen molar-refractivity contribution in [1.29, 1.82) is 0 Å². The third-order valence-electron chi connectivity index (χ3n) is 6.35. The van der Waals surface area contributed by atoms with Gasteiger partial charge in [0.2, 0.25) is 21.8 Å². The molecule has 0 aliphatic heterocycles. The minimum Gasteiger partial charge on any atom is -0.354 e. The number of nitrogens with zero attached hydrogens (tertiary/aromatic N) is 2. The highest BCUT2D eigenvalue weighted by molar-refractivity contribution is 9.10. The molecule has 0 saturated carbocycles. The smallest absolute Gasteiger partial charge is 0.243 e. The summed E-state index contributed by atoms with van der Waals surface area (Å²) in [6.07, 6.45) is 2.41. The molecule has 3 aromatic carbocycles. The third-order valence-corrected chi connectivity index (χ3v) is 8.08. The van der Waals surface area contributed by atoms with Gasteiger partial charge in [-0.15, -0.1) is 0 Å². The van der Waals surface area contributed by atoms with Crippen LogP contribution in [0.5, 0.6) is 0 Å². The molecule has 0 fully saturated rings. The number of rotatable bonds is 14. The van der Waals surface area contributed by atoms with Crippen molar-refractivity contribution in [2.75, 3.05) is 23.7 Å². The lowest BCUT2D eigenvalue weighted by Crippen LogP contribution is -2.50. The quantitative estimate of drug-likeness (QED) is 0.262. The summed E-state index contributed by atoms with van der Waals surface area (Å²) >= 11 is 3.43. The molecule has 3 rings (SSSR count). The van der Waals surface area contributed by atoms with E-state index in [1.54, 1.807) is 4.90 Å². The number of nitrogens with one attached hydrogen (secondary N) is 1. The van der Waals surface area contributed by atoms with Crippen molar-refractivity contribution < 1.29 is 22.4 Å². The van der Waals surface area contributed by atoms with E-state index in [-0.39, 0.29) is 37.7 Å². The molecule has 0 spiro atoms. The Bertz CT molecular complexity index is 1350. The van der Waals surface area contributed by atoms with E-state index in [1.807, 2.05) is 61.5 Å². The zero-order chi connectivity index (χ0) is 29.1. The van der Waals surface area contributed by atoms with Crippen LogP contribution in [0.3, 0.4) is 0 Å². The summed E-state index contributed by atoms with van der Waals surface area (Å²) in [5, 5.41) is 2.94. The van der Waals surface area contributed by atoms with Crippen LogP contribution in [0.1, 0.15) is 37.3 Å². The molecule has 0 aliphatic carbocycles. The predicted octanol–water partition coefficient (Wildman–Crippen LogP) is 5.30. The van der Waals surface area contributed by atoms with E-state index in [4.69, 9.17) is 0 Å². The number of hydrogen-bond acceptors (Lipinski definition) is 4. The Labute approximate surface area is 244 Å². The van der Waals surface area contributed by atoms with E-state index in [0.717, 1.165) is 32.6 Å². The van der Waals surface area contributed by atoms with Crippen molar-refractivity contribution in [2.24, 2.45) is 0 Å². The van der Waals surface area contributed by atoms with Gasteiger partial charge in [-0.3, -0.25) is 13.9 Å². The van der Waals surface area contributed by atoms with Crippen molar-refractivity contribution in [2.45, 2.75) is 45.2 Å². The predicted molar refractivity (Wildman–Crippen MR) is 160 cm³/mol. The van der Waals surface area contributed by atoms with Gasteiger partial charge in [0.15, 0.2) is 0 Å². The Morgan fingerprint density at radius 3 is 2.20 bits per heavy atom. The van der Waals surface area contributed by atoms with Gasteiger partial charge in [0.25, 0.3) is 0 Å². The fourth-order valence-electron chi connectivity index (χ4n) is 4.32. The first-order valence-electron chi connectivity index (χ1n) is 13.2. The zero-order valence-corrected chi connectivity index (χ0v) is 25.1. The van der Waals surface area contributed by atoms with Crippen molar-refractivity contribution in [3.63, 3.8) is 0 Å². The van der Waals surface area contributed by atoms with Gasteiger partial charge >= 0.3 is 0 Å². The number of benzene rings is 3. The Hall–Kier alpha value is -3.24. The molecule has 1 N–H and O–H groups in total. The van der Waals surface area contributed by atoms with Crippen LogP contribution >= 0.6 is 15.9 Å². The summed E-state index contributed by atoms with van der Waals surface area (Å²) < 4.78 is 40.4. The molecule has 0 aliphatic rings. The van der Waals surface area contributed by atoms with Gasteiger partial charge in [0, 0.05) is 36.9 Å². The molecule has 40 heavy (non-hydrogen) atoms. The first kappa shape index (κ1) is 31.3. The van der Waals surface area contributed by atoms with Crippen LogP contribution in [0, 0.1) is 5.82 Å². The van der Waals surface area contributed by atoms with Gasteiger partial charge < -0.3 is 10.2 Å². The summed E-state index contributed by atoms with van der Waals surface area (Å²) in [5.41, 5.74) is 2.11. The molecule has 7 nitrogen and oxygen atoms in total. The molecule has 2 amide bonds. The number of carbonyl (C=O) groups is 2. The highest BCUT2D eigenvalue weighted by Gasteiger charge is 2.30. The summed E-state index contributed by atoms with van der Waals surface area (Å²) in [6.45, 7) is 2.71. The molecule has 3 aromatic rings. The number of hydrogen-bond donors (Lipinski definition) is 1. The lowest BCUT2D eigenvalue weighted by atomic mass is 10.0. The normalized spacial score (nSPS) is 12.0. The Morgan fingerprint density at radius 2 is 1.60 bits per heavy atom. The lowest BCUT2D eigenvalue weighted by Gasteiger charge is -2.32. The minimum absolute atomic E-state index is 0.0239. The summed E-state index contributed by atoms with van der Waals surface area (Å²) in [6, 6.07) is 21.5. The average Bonchev–Trinajstić information content (AvgIpc) is 2.93. The van der Waals surface area contributed by atoms with E-state index in [2.05, 4.69) is 21.2 Å². The maximum atomic E-state index is 13.8. The monoisotopic (exact) mass is 631 g/mol. The Balaban J connectivity index is 1.85. The van der Waals surface area contributed by atoms with Crippen LogP contribution in [-0.2, 0) is 32.6 Å². The molecule has 10 heteroatoms. The fraction of sp³-hybridized carbons (Fsp3) is 0.333. The molecular weight excluding hydrogens is 597 g/mol. The molecule has 214 valence electrons. The second-order valence-electron chi connectivity index (χ2n) is 9.56. The third kappa shape index (κ3) is 9.45. The standard InChI is InChI=1S/C30H35BrFN3O4S/c1-3-19-33-30(37)28(21-23-8-5-4-6-9-23)34(22-24-11-13-25(31)14-12-24)29(36)10-7-20-35(40(2,38)39)27-17-15-26(32)16-18-27/h4-6,8-9,11-18,28H,3,7,10,19-22H2,1-2H3,(H,33,37). The van der Waals surface area contributed by atoms with Crippen LogP contribution < -0.4 is 9.62 Å². The summed E-state index contributed by atoms with van der Waals surface area (Å²) in [5.74, 6) is -0.968. The average molecular weight is 633 g/mol. The molecule has 0 radical (unpaired) electrons. The number of amides is 2. The highest BCUT2D eigenvalue weighted by Crippen LogP contribution is 2.21. The minimum atomic E-state index is -3.66. The van der Waals surface area contributed by atoms with Crippen LogP contribution in [0.4, 0.5) is 10.1 Å². The highest BCUT2D eigenvalue weighted by atomic mass is 79.9. The molecule has 0 bridgehead atoms. The van der Waals surface area contributed by atoms with Crippen molar-refractivity contribution >= 4 is 43.5 Å². The lowest BCUT2D eigenvalue weighted by molar-refractivity contribution is -0.141. The summed E-state index contributed by atoms with van der Waals surface area (Å²) in [4.78, 5) is 28.7. The number of halogens is 2. The van der Waals surface area contributed by atoms with Gasteiger partial charge in [0.1, 0.15) is 11.9 Å². The van der Waals surface area contributed by atoms with Gasteiger partial charge in [0.05, 0.1) is 11.9 Å². The topological polar surface area (TPSA) is 86.8 Å². The molecular formula is C30H35BrFN3O4S. The number of anilines is 1. The maximum absolute atomic E-state index is 13.8. The second kappa shape index (κ2) is 14.9. The molecule has 1 unspecified atom stereocenters. The zero-order valence-electron chi connectivity index (χ0n) is 22.7. The van der Waals surface area contributed by atoms with Gasteiger partial charge in [-0.05, 0) is 60.4 Å². The number of carbonyl (C=O) groups excluding carboxylic acids is 2. The molecule has 0 saturated heterocycles. The Morgan fingerprint density at radius 1 is 0.950 bits per heavy atom. The molecule has 1 atom stereocenters. The van der Waals surface area contributed by atoms with Gasteiger partial charge in [-0.25, -0.2) is 12.8 Å². The van der Waals surface area contributed by atoms with Crippen molar-refractivity contribution in [3.8, 4) is 0 Å². The first-order chi connectivity index (χ1) is 19.1.